The average Bonchev–Trinajstić information content (AvgIpc) is 2.53. The molecule has 2 N–H and O–H groups in total. The Bertz CT molecular complexity index is 716. The highest BCUT2D eigenvalue weighted by Gasteiger charge is 2.02. The molecule has 2 aromatic carbocycles. The molecule has 0 aliphatic carbocycles. The summed E-state index contributed by atoms with van der Waals surface area (Å²) in [7, 11) is 0. The maximum absolute atomic E-state index is 12.0. The summed E-state index contributed by atoms with van der Waals surface area (Å²) in [6.45, 7) is 0.0922. The van der Waals surface area contributed by atoms with Gasteiger partial charge in [0.1, 0.15) is 11.5 Å². The number of carboxylic acids is 1. The van der Waals surface area contributed by atoms with Crippen molar-refractivity contribution in [3.63, 3.8) is 0 Å². The minimum Gasteiger partial charge on any atom is -0.508 e. The van der Waals surface area contributed by atoms with E-state index in [9.17, 15) is 14.7 Å². The van der Waals surface area contributed by atoms with Gasteiger partial charge in [0, 0.05) is 5.56 Å². The lowest BCUT2D eigenvalue weighted by Gasteiger charge is -2.05. The largest absolute Gasteiger partial charge is 0.508 e. The van der Waals surface area contributed by atoms with E-state index in [2.05, 4.69) is 0 Å². The minimum atomic E-state index is -0.916. The van der Waals surface area contributed by atoms with E-state index in [0.29, 0.717) is 11.3 Å². The molecule has 2 rings (SSSR count). The van der Waals surface area contributed by atoms with Gasteiger partial charge < -0.3 is 14.9 Å². The van der Waals surface area contributed by atoms with Crippen LogP contribution in [0.2, 0.25) is 0 Å². The molecule has 0 fully saturated rings. The lowest BCUT2D eigenvalue weighted by Crippen LogP contribution is -2.04. The molecule has 0 aromatic heterocycles. The monoisotopic (exact) mass is 312 g/mol. The van der Waals surface area contributed by atoms with Crippen LogP contribution in [-0.4, -0.2) is 28.6 Å². The molecule has 0 amide bonds. The highest BCUT2D eigenvalue weighted by atomic mass is 16.5. The van der Waals surface area contributed by atoms with Gasteiger partial charge in [-0.1, -0.05) is 18.2 Å². The van der Waals surface area contributed by atoms with Crippen LogP contribution in [0.4, 0.5) is 0 Å². The molecule has 0 saturated carbocycles. The lowest BCUT2D eigenvalue weighted by molar-refractivity contribution is -0.137. The number of rotatable bonds is 7. The van der Waals surface area contributed by atoms with Gasteiger partial charge in [-0.15, -0.1) is 0 Å². The standard InChI is InChI=1S/C18H16O5/c19-15-7-5-14(6-8-15)17(20)9-4-13-2-1-3-16(12-13)23-11-10-18(21)22/h1-9,12,19H,10-11H2,(H,21,22)/b9-4+. The molecule has 0 bridgehead atoms. The van der Waals surface area contributed by atoms with Crippen molar-refractivity contribution in [3.05, 3.63) is 65.7 Å². The van der Waals surface area contributed by atoms with Crippen molar-refractivity contribution in [1.82, 2.24) is 0 Å². The number of phenolic OH excluding ortho intramolecular Hbond substituents is 1. The number of carbonyl (C=O) groups excluding carboxylic acids is 1. The number of aromatic hydroxyl groups is 1. The highest BCUT2D eigenvalue weighted by Crippen LogP contribution is 2.16. The van der Waals surface area contributed by atoms with Crippen LogP contribution in [-0.2, 0) is 4.79 Å². The first-order valence-corrected chi connectivity index (χ1v) is 7.01. The number of hydrogen-bond donors (Lipinski definition) is 2. The first kappa shape index (κ1) is 16.3. The summed E-state index contributed by atoms with van der Waals surface area (Å²) in [5.41, 5.74) is 1.25. The molecule has 0 saturated heterocycles. The summed E-state index contributed by atoms with van der Waals surface area (Å²) >= 11 is 0. The first-order chi connectivity index (χ1) is 11.0. The molecule has 5 heteroatoms. The second-order valence-corrected chi connectivity index (χ2v) is 4.81. The summed E-state index contributed by atoms with van der Waals surface area (Å²) in [6.07, 6.45) is 3.02. The van der Waals surface area contributed by atoms with Crippen LogP contribution in [0.3, 0.4) is 0 Å². The van der Waals surface area contributed by atoms with E-state index in [4.69, 9.17) is 9.84 Å². The summed E-state index contributed by atoms with van der Waals surface area (Å²) in [6, 6.07) is 13.0. The van der Waals surface area contributed by atoms with Crippen molar-refractivity contribution in [1.29, 1.82) is 0 Å². The molecule has 118 valence electrons. The Hall–Kier alpha value is -3.08. The number of phenols is 1. The van der Waals surface area contributed by atoms with E-state index in [-0.39, 0.29) is 24.6 Å². The maximum atomic E-state index is 12.0. The van der Waals surface area contributed by atoms with E-state index in [1.165, 1.54) is 18.2 Å². The number of benzene rings is 2. The molecule has 0 spiro atoms. The van der Waals surface area contributed by atoms with Crippen LogP contribution in [0.5, 0.6) is 11.5 Å². The van der Waals surface area contributed by atoms with E-state index >= 15 is 0 Å². The number of aliphatic carboxylic acids is 1. The fraction of sp³-hybridized carbons (Fsp3) is 0.111. The Morgan fingerprint density at radius 3 is 2.52 bits per heavy atom. The Kier molecular flexibility index (Phi) is 5.52. The third-order valence-electron chi connectivity index (χ3n) is 3.02. The number of carboxylic acid groups (broad SMARTS) is 1. The molecule has 0 radical (unpaired) electrons. The Morgan fingerprint density at radius 2 is 1.83 bits per heavy atom. The SMILES string of the molecule is O=C(O)CCOc1cccc(/C=C/C(=O)c2ccc(O)cc2)c1. The normalized spacial score (nSPS) is 10.6. The van der Waals surface area contributed by atoms with Gasteiger partial charge in [-0.05, 0) is 48.0 Å². The van der Waals surface area contributed by atoms with Crippen LogP contribution < -0.4 is 4.74 Å². The van der Waals surface area contributed by atoms with E-state index in [1.807, 2.05) is 6.07 Å². The lowest BCUT2D eigenvalue weighted by atomic mass is 10.1. The second kappa shape index (κ2) is 7.79. The van der Waals surface area contributed by atoms with Crippen molar-refractivity contribution >= 4 is 17.8 Å². The van der Waals surface area contributed by atoms with Gasteiger partial charge in [0.2, 0.25) is 0 Å². The highest BCUT2D eigenvalue weighted by molar-refractivity contribution is 6.06. The smallest absolute Gasteiger partial charge is 0.306 e. The van der Waals surface area contributed by atoms with Crippen molar-refractivity contribution in [2.75, 3.05) is 6.61 Å². The van der Waals surface area contributed by atoms with E-state index in [1.54, 1.807) is 36.4 Å². The van der Waals surface area contributed by atoms with Crippen LogP contribution in [0.1, 0.15) is 22.3 Å². The van der Waals surface area contributed by atoms with Gasteiger partial charge in [0.15, 0.2) is 5.78 Å². The molecule has 0 atom stereocenters. The summed E-state index contributed by atoms with van der Waals surface area (Å²) in [5.74, 6) is -0.440. The predicted molar refractivity (Wildman–Crippen MR) is 85.7 cm³/mol. The van der Waals surface area contributed by atoms with Crippen LogP contribution >= 0.6 is 0 Å². The molecular formula is C18H16O5. The molecular weight excluding hydrogens is 296 g/mol. The third-order valence-corrected chi connectivity index (χ3v) is 3.02. The fourth-order valence-corrected chi connectivity index (χ4v) is 1.86. The van der Waals surface area contributed by atoms with Gasteiger partial charge in [0.25, 0.3) is 0 Å². The summed E-state index contributed by atoms with van der Waals surface area (Å²) in [4.78, 5) is 22.4. The molecule has 23 heavy (non-hydrogen) atoms. The van der Waals surface area contributed by atoms with Crippen molar-refractivity contribution in [3.8, 4) is 11.5 Å². The van der Waals surface area contributed by atoms with Gasteiger partial charge in [0.05, 0.1) is 13.0 Å². The minimum absolute atomic E-state index is 0.0700. The second-order valence-electron chi connectivity index (χ2n) is 4.81. The number of carbonyl (C=O) groups is 2. The van der Waals surface area contributed by atoms with Gasteiger partial charge >= 0.3 is 5.97 Å². The molecule has 0 aliphatic rings. The van der Waals surface area contributed by atoms with Crippen LogP contribution in [0.15, 0.2) is 54.6 Å². The summed E-state index contributed by atoms with van der Waals surface area (Å²) < 4.78 is 5.33. The topological polar surface area (TPSA) is 83.8 Å². The fourth-order valence-electron chi connectivity index (χ4n) is 1.86. The molecule has 0 aliphatic heterocycles. The van der Waals surface area contributed by atoms with Crippen molar-refractivity contribution in [2.45, 2.75) is 6.42 Å². The van der Waals surface area contributed by atoms with E-state index in [0.717, 1.165) is 5.56 Å². The molecule has 0 unspecified atom stereocenters. The van der Waals surface area contributed by atoms with Gasteiger partial charge in [-0.2, -0.15) is 0 Å². The first-order valence-electron chi connectivity index (χ1n) is 7.01. The molecule has 5 nitrogen and oxygen atoms in total. The Morgan fingerprint density at radius 1 is 1.09 bits per heavy atom. The van der Waals surface area contributed by atoms with Crippen LogP contribution in [0.25, 0.3) is 6.08 Å². The zero-order chi connectivity index (χ0) is 16.7. The zero-order valence-corrected chi connectivity index (χ0v) is 12.3. The van der Waals surface area contributed by atoms with Gasteiger partial charge in [-0.25, -0.2) is 0 Å². The van der Waals surface area contributed by atoms with Crippen LogP contribution in [0, 0.1) is 0 Å². The Labute approximate surface area is 133 Å². The van der Waals surface area contributed by atoms with E-state index < -0.39 is 5.97 Å². The maximum Gasteiger partial charge on any atom is 0.306 e. The van der Waals surface area contributed by atoms with Gasteiger partial charge in [-0.3, -0.25) is 9.59 Å². The third kappa shape index (κ3) is 5.32. The number of hydrogen-bond acceptors (Lipinski definition) is 4. The quantitative estimate of drug-likeness (QED) is 0.606. The summed E-state index contributed by atoms with van der Waals surface area (Å²) in [5, 5.41) is 17.8. The average molecular weight is 312 g/mol. The number of ether oxygens (including phenoxy) is 1. The van der Waals surface area contributed by atoms with Crippen molar-refractivity contribution in [2.24, 2.45) is 0 Å². The number of allylic oxidation sites excluding steroid dienone is 1. The van der Waals surface area contributed by atoms with Crippen molar-refractivity contribution < 1.29 is 24.5 Å². The Balaban J connectivity index is 2.00. The predicted octanol–water partition coefficient (Wildman–Crippen LogP) is 3.14. The number of ketones is 1. The zero-order valence-electron chi connectivity index (χ0n) is 12.3. The molecule has 2 aromatic rings. The molecule has 0 heterocycles.